The van der Waals surface area contributed by atoms with E-state index < -0.39 is 0 Å². The molecule has 0 unspecified atom stereocenters. The quantitative estimate of drug-likeness (QED) is 0.856. The van der Waals surface area contributed by atoms with Gasteiger partial charge in [0.15, 0.2) is 0 Å². The van der Waals surface area contributed by atoms with Crippen LogP contribution in [0, 0.1) is 5.82 Å². The molecule has 0 saturated heterocycles. The molecule has 2 N–H and O–H groups in total. The summed E-state index contributed by atoms with van der Waals surface area (Å²) in [5.74, 6) is 0.403. The van der Waals surface area contributed by atoms with E-state index in [2.05, 4.69) is 0 Å². The van der Waals surface area contributed by atoms with Crippen LogP contribution in [0.25, 0.3) is 0 Å². The van der Waals surface area contributed by atoms with Gasteiger partial charge in [-0.05, 0) is 36.4 Å². The second-order valence-corrected chi connectivity index (χ2v) is 4.27. The highest BCUT2D eigenvalue weighted by molar-refractivity contribution is 6.31. The molecule has 0 saturated carbocycles. The highest BCUT2D eigenvalue weighted by Crippen LogP contribution is 2.20. The summed E-state index contributed by atoms with van der Waals surface area (Å²) in [5.41, 5.74) is 6.72. The minimum Gasteiger partial charge on any atom is -0.493 e. The van der Waals surface area contributed by atoms with E-state index in [0.717, 1.165) is 0 Å². The van der Waals surface area contributed by atoms with E-state index in [-0.39, 0.29) is 5.82 Å². The summed E-state index contributed by atoms with van der Waals surface area (Å²) in [6, 6.07) is 11.7. The third-order valence-corrected chi connectivity index (χ3v) is 2.92. The van der Waals surface area contributed by atoms with E-state index >= 15 is 0 Å². The summed E-state index contributed by atoms with van der Waals surface area (Å²) in [7, 11) is 0. The Morgan fingerprint density at radius 1 is 1.11 bits per heavy atom. The Labute approximate surface area is 110 Å². The van der Waals surface area contributed by atoms with Crippen molar-refractivity contribution in [2.75, 3.05) is 12.3 Å². The number of hydrogen-bond acceptors (Lipinski definition) is 2. The van der Waals surface area contributed by atoms with Crippen LogP contribution in [0.3, 0.4) is 0 Å². The summed E-state index contributed by atoms with van der Waals surface area (Å²) in [5, 5.41) is 0.427. The van der Waals surface area contributed by atoms with E-state index in [1.54, 1.807) is 36.4 Å². The first-order chi connectivity index (χ1) is 8.66. The summed E-state index contributed by atoms with van der Waals surface area (Å²) in [6.45, 7) is 0.366. The van der Waals surface area contributed by atoms with Gasteiger partial charge < -0.3 is 10.5 Å². The lowest BCUT2D eigenvalue weighted by molar-refractivity contribution is 0.320. The van der Waals surface area contributed by atoms with Crippen molar-refractivity contribution in [2.45, 2.75) is 6.42 Å². The van der Waals surface area contributed by atoms with Gasteiger partial charge in [0.05, 0.1) is 6.61 Å². The van der Waals surface area contributed by atoms with Gasteiger partial charge in [0, 0.05) is 22.7 Å². The van der Waals surface area contributed by atoms with Gasteiger partial charge in [-0.1, -0.05) is 17.7 Å². The molecule has 2 nitrogen and oxygen atoms in total. The maximum atomic E-state index is 13.5. The lowest BCUT2D eigenvalue weighted by Gasteiger charge is -2.08. The molecule has 2 aromatic carbocycles. The van der Waals surface area contributed by atoms with Crippen LogP contribution in [0.4, 0.5) is 10.1 Å². The van der Waals surface area contributed by atoms with E-state index in [0.29, 0.717) is 35.1 Å². The van der Waals surface area contributed by atoms with Gasteiger partial charge in [0.2, 0.25) is 0 Å². The largest absolute Gasteiger partial charge is 0.493 e. The molecule has 94 valence electrons. The smallest absolute Gasteiger partial charge is 0.128 e. The molecular weight excluding hydrogens is 253 g/mol. The molecule has 0 amide bonds. The van der Waals surface area contributed by atoms with Gasteiger partial charge in [-0.25, -0.2) is 4.39 Å². The zero-order chi connectivity index (χ0) is 13.0. The van der Waals surface area contributed by atoms with Gasteiger partial charge in [-0.2, -0.15) is 0 Å². The first-order valence-corrected chi connectivity index (χ1v) is 5.96. The third kappa shape index (κ3) is 3.14. The van der Waals surface area contributed by atoms with Gasteiger partial charge in [-0.15, -0.1) is 0 Å². The van der Waals surface area contributed by atoms with Crippen LogP contribution >= 0.6 is 11.6 Å². The Balaban J connectivity index is 1.94. The third-order valence-electron chi connectivity index (χ3n) is 2.56. The SMILES string of the molecule is Nc1ccc(OCCc2c(F)cccc2Cl)cc1. The summed E-state index contributed by atoms with van der Waals surface area (Å²) >= 11 is 5.92. The number of anilines is 1. The molecule has 0 atom stereocenters. The minimum atomic E-state index is -0.302. The molecule has 0 aliphatic rings. The first kappa shape index (κ1) is 12.7. The maximum Gasteiger partial charge on any atom is 0.128 e. The van der Waals surface area contributed by atoms with Crippen LogP contribution in [0.5, 0.6) is 5.75 Å². The van der Waals surface area contributed by atoms with Crippen molar-refractivity contribution >= 4 is 17.3 Å². The van der Waals surface area contributed by atoms with Crippen molar-refractivity contribution in [2.24, 2.45) is 0 Å². The maximum absolute atomic E-state index is 13.5. The second-order valence-electron chi connectivity index (χ2n) is 3.87. The lowest BCUT2D eigenvalue weighted by atomic mass is 10.1. The second kappa shape index (κ2) is 5.74. The lowest BCUT2D eigenvalue weighted by Crippen LogP contribution is -2.03. The van der Waals surface area contributed by atoms with E-state index in [4.69, 9.17) is 22.1 Å². The first-order valence-electron chi connectivity index (χ1n) is 5.58. The highest BCUT2D eigenvalue weighted by Gasteiger charge is 2.06. The topological polar surface area (TPSA) is 35.2 Å². The van der Waals surface area contributed by atoms with Gasteiger partial charge in [0.25, 0.3) is 0 Å². The Morgan fingerprint density at radius 3 is 2.50 bits per heavy atom. The molecule has 0 heterocycles. The molecule has 0 bridgehead atoms. The fourth-order valence-electron chi connectivity index (χ4n) is 1.61. The number of ether oxygens (including phenoxy) is 1. The van der Waals surface area contributed by atoms with Crippen LogP contribution in [-0.4, -0.2) is 6.61 Å². The van der Waals surface area contributed by atoms with E-state index in [9.17, 15) is 4.39 Å². The zero-order valence-electron chi connectivity index (χ0n) is 9.70. The Bertz CT molecular complexity index is 508. The number of benzene rings is 2. The number of hydrogen-bond donors (Lipinski definition) is 1. The number of nitrogen functional groups attached to an aromatic ring is 1. The summed E-state index contributed by atoms with van der Waals surface area (Å²) < 4.78 is 19.0. The molecule has 2 aromatic rings. The van der Waals surface area contributed by atoms with Gasteiger partial charge >= 0.3 is 0 Å². The molecule has 18 heavy (non-hydrogen) atoms. The molecule has 0 spiro atoms. The van der Waals surface area contributed by atoms with Crippen molar-refractivity contribution in [1.82, 2.24) is 0 Å². The number of rotatable bonds is 4. The van der Waals surface area contributed by atoms with Crippen LogP contribution in [0.15, 0.2) is 42.5 Å². The Hall–Kier alpha value is -1.74. The van der Waals surface area contributed by atoms with Crippen molar-refractivity contribution in [1.29, 1.82) is 0 Å². The van der Waals surface area contributed by atoms with Crippen molar-refractivity contribution < 1.29 is 9.13 Å². The average Bonchev–Trinajstić information content (AvgIpc) is 2.35. The standard InChI is InChI=1S/C14H13ClFNO/c15-13-2-1-3-14(16)12(13)8-9-18-11-6-4-10(17)5-7-11/h1-7H,8-9,17H2. The molecule has 0 radical (unpaired) electrons. The van der Waals surface area contributed by atoms with Crippen LogP contribution in [-0.2, 0) is 6.42 Å². The van der Waals surface area contributed by atoms with Gasteiger partial charge in [0.1, 0.15) is 11.6 Å². The van der Waals surface area contributed by atoms with Crippen LogP contribution < -0.4 is 10.5 Å². The van der Waals surface area contributed by atoms with Crippen molar-refractivity contribution in [3.05, 3.63) is 58.9 Å². The van der Waals surface area contributed by atoms with Crippen LogP contribution in [0.2, 0.25) is 5.02 Å². The molecular formula is C14H13ClFNO. The summed E-state index contributed by atoms with van der Waals surface area (Å²) in [4.78, 5) is 0. The summed E-state index contributed by atoms with van der Waals surface area (Å²) in [6.07, 6.45) is 0.426. The van der Waals surface area contributed by atoms with Crippen molar-refractivity contribution in [3.63, 3.8) is 0 Å². The molecule has 0 aliphatic heterocycles. The Kier molecular flexibility index (Phi) is 4.05. The van der Waals surface area contributed by atoms with E-state index in [1.165, 1.54) is 6.07 Å². The monoisotopic (exact) mass is 265 g/mol. The minimum absolute atomic E-state index is 0.302. The highest BCUT2D eigenvalue weighted by atomic mass is 35.5. The molecule has 2 rings (SSSR count). The van der Waals surface area contributed by atoms with Crippen LogP contribution in [0.1, 0.15) is 5.56 Å². The molecule has 4 heteroatoms. The predicted molar refractivity (Wildman–Crippen MR) is 71.5 cm³/mol. The molecule has 0 fully saturated rings. The Morgan fingerprint density at radius 2 is 1.83 bits per heavy atom. The zero-order valence-corrected chi connectivity index (χ0v) is 10.5. The van der Waals surface area contributed by atoms with E-state index in [1.807, 2.05) is 0 Å². The van der Waals surface area contributed by atoms with Crippen molar-refractivity contribution in [3.8, 4) is 5.75 Å². The fraction of sp³-hybridized carbons (Fsp3) is 0.143. The molecule has 0 aromatic heterocycles. The predicted octanol–water partition coefficient (Wildman–Crippen LogP) is 3.68. The van der Waals surface area contributed by atoms with Gasteiger partial charge in [-0.3, -0.25) is 0 Å². The normalized spacial score (nSPS) is 10.3. The number of halogens is 2. The average molecular weight is 266 g/mol. The molecule has 0 aliphatic carbocycles. The number of nitrogens with two attached hydrogens (primary N) is 1. The fourth-order valence-corrected chi connectivity index (χ4v) is 1.86.